The minimum atomic E-state index is -0.326. The molecule has 0 saturated heterocycles. The third-order valence-corrected chi connectivity index (χ3v) is 4.16. The molecular weight excluding hydrogens is 379 g/mol. The first-order valence-electron chi connectivity index (χ1n) is 5.89. The van der Waals surface area contributed by atoms with Crippen LogP contribution in [0.2, 0.25) is 10.0 Å². The fraction of sp³-hybridized carbons (Fsp3) is 0.133. The number of benzene rings is 2. The molecule has 0 spiro atoms. The van der Waals surface area contributed by atoms with Crippen molar-refractivity contribution in [3.63, 3.8) is 0 Å². The second-order valence-electron chi connectivity index (χ2n) is 4.11. The highest BCUT2D eigenvalue weighted by Gasteiger charge is 2.22. The second kappa shape index (κ2) is 6.69. The van der Waals surface area contributed by atoms with Crippen LogP contribution in [0.25, 0.3) is 0 Å². The van der Waals surface area contributed by atoms with E-state index < -0.39 is 0 Å². The zero-order valence-corrected chi connectivity index (χ0v) is 14.3. The average molecular weight is 390 g/mol. The zero-order chi connectivity index (χ0) is 15.6. The zero-order valence-electron chi connectivity index (χ0n) is 11.2. The first kappa shape index (κ1) is 16.1. The van der Waals surface area contributed by atoms with Gasteiger partial charge in [-0.05, 0) is 40.2 Å². The normalized spacial score (nSPS) is 10.3. The van der Waals surface area contributed by atoms with E-state index in [1.807, 2.05) is 0 Å². The van der Waals surface area contributed by atoms with Gasteiger partial charge in [0.2, 0.25) is 0 Å². The lowest BCUT2D eigenvalue weighted by Crippen LogP contribution is -2.06. The van der Waals surface area contributed by atoms with Crippen molar-refractivity contribution >= 4 is 44.9 Å². The van der Waals surface area contributed by atoms with Crippen molar-refractivity contribution in [3.05, 3.63) is 56.0 Å². The van der Waals surface area contributed by atoms with Crippen molar-refractivity contribution in [1.29, 1.82) is 0 Å². The Morgan fingerprint density at radius 2 is 1.62 bits per heavy atom. The van der Waals surface area contributed by atoms with E-state index in [4.69, 9.17) is 32.7 Å². The molecule has 0 aliphatic heterocycles. The maximum absolute atomic E-state index is 12.7. The Hall–Kier alpha value is -1.23. The molecule has 0 fully saturated rings. The molecule has 0 bridgehead atoms. The number of ketones is 1. The average Bonchev–Trinajstić information content (AvgIpc) is 2.46. The van der Waals surface area contributed by atoms with E-state index >= 15 is 0 Å². The van der Waals surface area contributed by atoms with Gasteiger partial charge in [-0.15, -0.1) is 0 Å². The molecule has 0 N–H and O–H groups in total. The van der Waals surface area contributed by atoms with Crippen LogP contribution >= 0.6 is 39.1 Å². The molecule has 2 aromatic rings. The maximum atomic E-state index is 12.7. The molecule has 0 aliphatic carbocycles. The number of carbonyl (C=O) groups is 1. The number of halogens is 3. The highest BCUT2D eigenvalue weighted by molar-refractivity contribution is 9.10. The van der Waals surface area contributed by atoms with Crippen LogP contribution in [-0.4, -0.2) is 20.0 Å². The lowest BCUT2D eigenvalue weighted by atomic mass is 10.0. The third kappa shape index (κ3) is 3.18. The van der Waals surface area contributed by atoms with Gasteiger partial charge in [0, 0.05) is 0 Å². The Morgan fingerprint density at radius 3 is 2.14 bits per heavy atom. The van der Waals surface area contributed by atoms with Gasteiger partial charge >= 0.3 is 0 Å². The van der Waals surface area contributed by atoms with E-state index in [2.05, 4.69) is 15.9 Å². The van der Waals surface area contributed by atoms with Gasteiger partial charge in [0.25, 0.3) is 0 Å². The highest BCUT2D eigenvalue weighted by Crippen LogP contribution is 2.36. The molecule has 2 aromatic carbocycles. The molecule has 0 atom stereocenters. The van der Waals surface area contributed by atoms with Gasteiger partial charge in [-0.1, -0.05) is 29.3 Å². The van der Waals surface area contributed by atoms with Gasteiger partial charge < -0.3 is 9.47 Å². The van der Waals surface area contributed by atoms with Crippen LogP contribution in [0.15, 0.2) is 34.8 Å². The number of rotatable bonds is 4. The number of methoxy groups -OCH3 is 2. The molecule has 3 nitrogen and oxygen atoms in total. The van der Waals surface area contributed by atoms with Crippen LogP contribution in [-0.2, 0) is 0 Å². The third-order valence-electron chi connectivity index (χ3n) is 2.91. The summed E-state index contributed by atoms with van der Waals surface area (Å²) in [6.45, 7) is 0. The van der Waals surface area contributed by atoms with Gasteiger partial charge in [0.05, 0.1) is 39.9 Å². The second-order valence-corrected chi connectivity index (χ2v) is 5.78. The summed E-state index contributed by atoms with van der Waals surface area (Å²) in [5, 5.41) is 0.577. The Labute approximate surface area is 140 Å². The van der Waals surface area contributed by atoms with Gasteiger partial charge in [-0.25, -0.2) is 0 Å². The van der Waals surface area contributed by atoms with Crippen LogP contribution in [0.5, 0.6) is 11.5 Å². The van der Waals surface area contributed by atoms with Gasteiger partial charge in [-0.3, -0.25) is 4.79 Å². The van der Waals surface area contributed by atoms with Crippen LogP contribution in [0.4, 0.5) is 0 Å². The quantitative estimate of drug-likeness (QED) is 0.690. The monoisotopic (exact) mass is 388 g/mol. The van der Waals surface area contributed by atoms with Crippen molar-refractivity contribution in [2.24, 2.45) is 0 Å². The Balaban J connectivity index is 2.63. The minimum Gasteiger partial charge on any atom is -0.496 e. The molecular formula is C15H11BrCl2O3. The summed E-state index contributed by atoms with van der Waals surface area (Å²) in [7, 11) is 3.00. The molecule has 6 heteroatoms. The molecule has 2 rings (SSSR count). The Kier molecular flexibility index (Phi) is 5.14. The first-order valence-corrected chi connectivity index (χ1v) is 7.44. The minimum absolute atomic E-state index is 0.239. The number of carbonyl (C=O) groups excluding carboxylic acids is 1. The topological polar surface area (TPSA) is 35.5 Å². The van der Waals surface area contributed by atoms with E-state index in [1.54, 1.807) is 30.3 Å². The van der Waals surface area contributed by atoms with E-state index in [0.29, 0.717) is 21.5 Å². The maximum Gasteiger partial charge on any atom is 0.199 e. The summed E-state index contributed by atoms with van der Waals surface area (Å²) in [6.07, 6.45) is 0. The summed E-state index contributed by atoms with van der Waals surface area (Å²) >= 11 is 15.5. The van der Waals surface area contributed by atoms with Crippen LogP contribution < -0.4 is 9.47 Å². The van der Waals surface area contributed by atoms with Crippen molar-refractivity contribution in [1.82, 2.24) is 0 Å². The molecule has 0 saturated carbocycles. The predicted octanol–water partition coefficient (Wildman–Crippen LogP) is 5.00. The van der Waals surface area contributed by atoms with Crippen LogP contribution in [0.3, 0.4) is 0 Å². The smallest absolute Gasteiger partial charge is 0.199 e. The molecule has 0 aliphatic rings. The van der Waals surface area contributed by atoms with E-state index in [1.165, 1.54) is 14.2 Å². The summed E-state index contributed by atoms with van der Waals surface area (Å²) in [5.41, 5.74) is 0.566. The number of hydrogen-bond acceptors (Lipinski definition) is 3. The molecule has 0 amide bonds. The van der Waals surface area contributed by atoms with Gasteiger partial charge in [-0.2, -0.15) is 0 Å². The Morgan fingerprint density at radius 1 is 1.05 bits per heavy atom. The molecule has 110 valence electrons. The summed E-state index contributed by atoms with van der Waals surface area (Å²) in [4.78, 5) is 12.7. The molecule has 0 unspecified atom stereocenters. The van der Waals surface area contributed by atoms with Crippen molar-refractivity contribution < 1.29 is 14.3 Å². The van der Waals surface area contributed by atoms with Crippen LogP contribution in [0, 0.1) is 0 Å². The van der Waals surface area contributed by atoms with Crippen LogP contribution in [0.1, 0.15) is 15.9 Å². The predicted molar refractivity (Wildman–Crippen MR) is 87.1 cm³/mol. The summed E-state index contributed by atoms with van der Waals surface area (Å²) in [5.74, 6) is 0.597. The van der Waals surface area contributed by atoms with Gasteiger partial charge in [0.1, 0.15) is 11.5 Å². The Bertz CT molecular complexity index is 681. The molecule has 21 heavy (non-hydrogen) atoms. The fourth-order valence-electron chi connectivity index (χ4n) is 1.89. The first-order chi connectivity index (χ1) is 9.99. The largest absolute Gasteiger partial charge is 0.496 e. The SMILES string of the molecule is COc1cc(C(=O)c2c(Cl)cccc2Cl)c(OC)cc1Br. The standard InChI is InChI=1S/C15H11BrCl2O3/c1-20-12-7-9(16)13(21-2)6-8(12)15(19)14-10(17)4-3-5-11(14)18/h3-7H,1-2H3. The van der Waals surface area contributed by atoms with Crippen molar-refractivity contribution in [2.75, 3.05) is 14.2 Å². The lowest BCUT2D eigenvalue weighted by molar-refractivity contribution is 0.103. The number of ether oxygens (including phenoxy) is 2. The van der Waals surface area contributed by atoms with E-state index in [0.717, 1.165) is 0 Å². The molecule has 0 heterocycles. The fourth-order valence-corrected chi connectivity index (χ4v) is 2.94. The van der Waals surface area contributed by atoms with Crippen molar-refractivity contribution in [2.45, 2.75) is 0 Å². The highest BCUT2D eigenvalue weighted by atomic mass is 79.9. The van der Waals surface area contributed by atoms with Crippen molar-refractivity contribution in [3.8, 4) is 11.5 Å². The molecule has 0 aromatic heterocycles. The molecule has 0 radical (unpaired) electrons. The summed E-state index contributed by atoms with van der Waals surface area (Å²) < 4.78 is 11.2. The van der Waals surface area contributed by atoms with E-state index in [-0.39, 0.29) is 21.4 Å². The van der Waals surface area contributed by atoms with E-state index in [9.17, 15) is 4.79 Å². The van der Waals surface area contributed by atoms with Gasteiger partial charge in [0.15, 0.2) is 5.78 Å². The number of hydrogen-bond donors (Lipinski definition) is 0. The summed E-state index contributed by atoms with van der Waals surface area (Å²) in [6, 6.07) is 8.16. The lowest BCUT2D eigenvalue weighted by Gasteiger charge is -2.13.